The molecule has 0 rings (SSSR count). The Balaban J connectivity index is -0.0000000800. The summed E-state index contributed by atoms with van der Waals surface area (Å²) in [5.74, 6) is 0. The molecule has 0 amide bonds. The fourth-order valence-electron chi connectivity index (χ4n) is 0. The van der Waals surface area contributed by atoms with Crippen LogP contribution in [-0.2, 0) is 10.4 Å². The molecule has 0 aromatic carbocycles. The van der Waals surface area contributed by atoms with Crippen molar-refractivity contribution in [3.8, 4) is 0 Å². The van der Waals surface area contributed by atoms with E-state index < -0.39 is 10.4 Å². The van der Waals surface area contributed by atoms with Crippen LogP contribution in [0.15, 0.2) is 0 Å². The van der Waals surface area contributed by atoms with E-state index in [1.807, 2.05) is 0 Å². The van der Waals surface area contributed by atoms with Crippen LogP contribution in [-0.4, -0.2) is 55.3 Å². The Morgan fingerprint density at radius 1 is 1.14 bits per heavy atom. The Kier molecular flexibility index (Phi) is 12.7. The maximum Gasteiger partial charge on any atom is 2.00 e. The van der Waals surface area contributed by atoms with E-state index in [9.17, 15) is 0 Å². The van der Waals surface area contributed by atoms with Crippen LogP contribution in [0.5, 0.6) is 0 Å². The van der Waals surface area contributed by atoms with Crippen molar-refractivity contribution in [2.24, 2.45) is 0 Å². The zero-order valence-corrected chi connectivity index (χ0v) is 7.27. The Bertz CT molecular complexity index is 92.9. The molecule has 0 aromatic rings. The molecule has 0 fully saturated rings. The smallest absolute Gasteiger partial charge is 0.759 e. The van der Waals surface area contributed by atoms with Gasteiger partial charge in [-0.05, 0) is 0 Å². The first-order chi connectivity index (χ1) is 2.00. The van der Waals surface area contributed by atoms with Gasteiger partial charge >= 0.3 is 37.7 Å². The molecule has 0 aliphatic rings. The molecule has 0 saturated carbocycles. The van der Waals surface area contributed by atoms with E-state index in [2.05, 4.69) is 0 Å². The van der Waals surface area contributed by atoms with Gasteiger partial charge in [-0.3, -0.25) is 8.42 Å². The molecule has 4 nitrogen and oxygen atoms in total. The van der Waals surface area contributed by atoms with Crippen LogP contribution in [0.1, 0.15) is 0 Å². The normalized spacial score (nSPS) is 8.29. The minimum Gasteiger partial charge on any atom is -0.759 e. The van der Waals surface area contributed by atoms with Gasteiger partial charge in [-0.1, -0.05) is 0 Å². The largest absolute Gasteiger partial charge is 2.00 e. The zero-order chi connectivity index (χ0) is 4.50. The van der Waals surface area contributed by atoms with Crippen molar-refractivity contribution in [3.63, 3.8) is 0 Å². The van der Waals surface area contributed by atoms with E-state index in [4.69, 9.17) is 17.5 Å². The van der Waals surface area contributed by atoms with E-state index in [1.54, 1.807) is 0 Å². The molecule has 0 saturated heterocycles. The first-order valence-corrected chi connectivity index (χ1v) is 2.00. The molecular formula is H2CaO4S2. The summed E-state index contributed by atoms with van der Waals surface area (Å²) in [6.45, 7) is 0. The first kappa shape index (κ1) is 15.8. The average Bonchev–Trinajstić information content (AvgIpc) is 0.722. The van der Waals surface area contributed by atoms with Crippen molar-refractivity contribution in [3.05, 3.63) is 0 Å². The van der Waals surface area contributed by atoms with Gasteiger partial charge in [0.25, 0.3) is 0 Å². The third-order valence-corrected chi connectivity index (χ3v) is 0. The SMILES string of the molecule is O=S(=O)([O-])[O-].S.[Ca+2]. The first-order valence-electron chi connectivity index (χ1n) is 0.667. The molecule has 0 bridgehead atoms. The standard InChI is InChI=1S/Ca.H2O4S.H2S/c;1-5(2,3)4;/h;(H2,1,2,3,4);1H2/q+2;;/p-2. The second-order valence-electron chi connectivity index (χ2n) is 0.408. The van der Waals surface area contributed by atoms with Crippen molar-refractivity contribution >= 4 is 61.6 Å². The summed E-state index contributed by atoms with van der Waals surface area (Å²) < 4.78 is 34.1. The van der Waals surface area contributed by atoms with E-state index in [0.717, 1.165) is 0 Å². The van der Waals surface area contributed by atoms with E-state index in [-0.39, 0.29) is 51.2 Å². The Morgan fingerprint density at radius 3 is 1.14 bits per heavy atom. The minimum absolute atomic E-state index is 0. The number of rotatable bonds is 0. The Hall–Kier alpha value is 1.48. The topological polar surface area (TPSA) is 80.3 Å². The van der Waals surface area contributed by atoms with Gasteiger partial charge in [-0.15, -0.1) is 0 Å². The summed E-state index contributed by atoms with van der Waals surface area (Å²) in [6, 6.07) is 0. The molecule has 0 aliphatic heterocycles. The van der Waals surface area contributed by atoms with Crippen molar-refractivity contribution in [1.82, 2.24) is 0 Å². The predicted octanol–water partition coefficient (Wildman–Crippen LogP) is -1.61. The van der Waals surface area contributed by atoms with Gasteiger partial charge < -0.3 is 9.11 Å². The predicted molar refractivity (Wildman–Crippen MR) is 26.6 cm³/mol. The Morgan fingerprint density at radius 2 is 1.14 bits per heavy atom. The van der Waals surface area contributed by atoms with Crippen LogP contribution in [0.4, 0.5) is 0 Å². The summed E-state index contributed by atoms with van der Waals surface area (Å²) in [5, 5.41) is 0. The van der Waals surface area contributed by atoms with Gasteiger partial charge in [0.1, 0.15) is 0 Å². The maximum atomic E-state index is 8.52. The molecule has 0 N–H and O–H groups in total. The van der Waals surface area contributed by atoms with Crippen LogP contribution in [0.2, 0.25) is 0 Å². The van der Waals surface area contributed by atoms with Gasteiger partial charge in [0.2, 0.25) is 0 Å². The van der Waals surface area contributed by atoms with Gasteiger partial charge in [0.15, 0.2) is 0 Å². The average molecular weight is 170 g/mol. The van der Waals surface area contributed by atoms with E-state index >= 15 is 0 Å². The minimum atomic E-state index is -5.17. The fraction of sp³-hybridized carbons (Fsp3) is 0. The molecule has 0 aliphatic carbocycles. The quantitative estimate of drug-likeness (QED) is 0.249. The monoisotopic (exact) mass is 170 g/mol. The molecule has 0 spiro atoms. The van der Waals surface area contributed by atoms with Crippen molar-refractivity contribution in [1.29, 1.82) is 0 Å². The van der Waals surface area contributed by atoms with Crippen molar-refractivity contribution in [2.75, 3.05) is 0 Å². The summed E-state index contributed by atoms with van der Waals surface area (Å²) in [6.07, 6.45) is 0. The number of hydrogen-bond donors (Lipinski definition) is 0. The molecule has 0 heterocycles. The van der Waals surface area contributed by atoms with Crippen molar-refractivity contribution in [2.45, 2.75) is 0 Å². The second kappa shape index (κ2) is 5.61. The summed E-state index contributed by atoms with van der Waals surface area (Å²) >= 11 is 0. The molecule has 0 radical (unpaired) electrons. The molecular weight excluding hydrogens is 168 g/mol. The van der Waals surface area contributed by atoms with Crippen LogP contribution >= 0.6 is 13.5 Å². The number of hydrogen-bond acceptors (Lipinski definition) is 4. The zero-order valence-electron chi connectivity index (χ0n) is 3.25. The maximum absolute atomic E-state index is 8.52. The second-order valence-corrected chi connectivity index (χ2v) is 1.22. The van der Waals surface area contributed by atoms with E-state index in [1.165, 1.54) is 0 Å². The van der Waals surface area contributed by atoms with Crippen LogP contribution < -0.4 is 0 Å². The van der Waals surface area contributed by atoms with E-state index in [0.29, 0.717) is 0 Å². The van der Waals surface area contributed by atoms with Crippen LogP contribution in [0, 0.1) is 0 Å². The third kappa shape index (κ3) is 103. The summed E-state index contributed by atoms with van der Waals surface area (Å²) in [4.78, 5) is 0. The summed E-state index contributed by atoms with van der Waals surface area (Å²) in [7, 11) is -5.17. The van der Waals surface area contributed by atoms with Crippen LogP contribution in [0.25, 0.3) is 0 Å². The van der Waals surface area contributed by atoms with Gasteiger partial charge in [-0.2, -0.15) is 13.5 Å². The fourth-order valence-corrected chi connectivity index (χ4v) is 0. The van der Waals surface area contributed by atoms with Gasteiger partial charge in [0, 0.05) is 10.4 Å². The molecule has 0 aromatic heterocycles. The molecule has 0 unspecified atom stereocenters. The third-order valence-electron chi connectivity index (χ3n) is 0. The van der Waals surface area contributed by atoms with Gasteiger partial charge in [-0.25, -0.2) is 0 Å². The molecule has 7 heavy (non-hydrogen) atoms. The molecule has 7 heteroatoms. The molecule has 40 valence electrons. The summed E-state index contributed by atoms with van der Waals surface area (Å²) in [5.41, 5.74) is 0. The molecule has 0 atom stereocenters. The van der Waals surface area contributed by atoms with Gasteiger partial charge in [0.05, 0.1) is 0 Å². The Labute approximate surface area is 78.3 Å². The van der Waals surface area contributed by atoms with Crippen molar-refractivity contribution < 1.29 is 17.5 Å². The van der Waals surface area contributed by atoms with Crippen LogP contribution in [0.3, 0.4) is 0 Å².